The van der Waals surface area contributed by atoms with E-state index in [-0.39, 0.29) is 23.9 Å². The van der Waals surface area contributed by atoms with Crippen molar-refractivity contribution >= 4 is 40.0 Å². The average molecular weight is 422 g/mol. The van der Waals surface area contributed by atoms with Crippen LogP contribution in [-0.4, -0.2) is 32.5 Å². The summed E-state index contributed by atoms with van der Waals surface area (Å²) >= 11 is 6.24. The van der Waals surface area contributed by atoms with Crippen molar-refractivity contribution in [2.75, 3.05) is 5.32 Å². The zero-order valence-electron chi connectivity index (χ0n) is 16.2. The molecule has 30 heavy (non-hydrogen) atoms. The Bertz CT molecular complexity index is 1160. The molecule has 1 saturated carbocycles. The van der Waals surface area contributed by atoms with Crippen molar-refractivity contribution in [3.05, 3.63) is 52.9 Å². The largest absolute Gasteiger partial charge is 0.334 e. The van der Waals surface area contributed by atoms with Crippen molar-refractivity contribution in [1.82, 2.24) is 20.5 Å². The van der Waals surface area contributed by atoms with Crippen molar-refractivity contribution in [3.8, 4) is 12.3 Å². The molecule has 0 bridgehead atoms. The molecule has 0 radical (unpaired) electrons. The van der Waals surface area contributed by atoms with Crippen LogP contribution in [0.3, 0.4) is 0 Å². The van der Waals surface area contributed by atoms with Gasteiger partial charge in [-0.1, -0.05) is 17.5 Å². The first kappa shape index (κ1) is 19.9. The van der Waals surface area contributed by atoms with E-state index in [0.717, 1.165) is 42.1 Å². The Morgan fingerprint density at radius 1 is 1.27 bits per heavy atom. The van der Waals surface area contributed by atoms with Gasteiger partial charge in [-0.3, -0.25) is 19.7 Å². The summed E-state index contributed by atoms with van der Waals surface area (Å²) in [6, 6.07) is 6.75. The number of nitrogens with one attached hydrogen (secondary N) is 3. The Morgan fingerprint density at radius 2 is 2.07 bits per heavy atom. The smallest absolute Gasteiger partial charge is 0.271 e. The number of amides is 2. The highest BCUT2D eigenvalue weighted by atomic mass is 35.5. The van der Waals surface area contributed by atoms with Gasteiger partial charge in [-0.25, -0.2) is 0 Å². The number of H-pyrrole nitrogens is 1. The monoisotopic (exact) mass is 421 g/mol. The van der Waals surface area contributed by atoms with E-state index in [2.05, 4.69) is 31.7 Å². The van der Waals surface area contributed by atoms with Gasteiger partial charge in [0.1, 0.15) is 11.2 Å². The molecule has 1 fully saturated rings. The minimum Gasteiger partial charge on any atom is -0.334 e. The number of hydrogen-bond donors (Lipinski definition) is 3. The molecule has 1 aromatic carbocycles. The molecule has 0 aliphatic heterocycles. The molecule has 3 aromatic rings. The Balaban J connectivity index is 1.44. The van der Waals surface area contributed by atoms with Crippen LogP contribution in [0.25, 0.3) is 10.9 Å². The van der Waals surface area contributed by atoms with Crippen LogP contribution in [0, 0.1) is 12.3 Å². The minimum absolute atomic E-state index is 0.124. The molecule has 8 heteroatoms. The molecular formula is C22H20ClN5O2. The Morgan fingerprint density at radius 3 is 2.83 bits per heavy atom. The topological polar surface area (TPSA) is 99.8 Å². The maximum atomic E-state index is 12.6. The predicted molar refractivity (Wildman–Crippen MR) is 115 cm³/mol. The number of fused-ring (bicyclic) bond motifs is 1. The SMILES string of the molecule is C#CC1(NC(=O)c2cc(NC(=O)Cc3cc(Cl)c4cn[nH]c4c3)ccn2)CCCC1. The first-order valence-electron chi connectivity index (χ1n) is 9.66. The fraction of sp³-hybridized carbons (Fsp3) is 0.273. The molecule has 2 heterocycles. The molecular weight excluding hydrogens is 402 g/mol. The first-order valence-corrected chi connectivity index (χ1v) is 10.0. The van der Waals surface area contributed by atoms with Crippen LogP contribution in [0.2, 0.25) is 5.02 Å². The normalized spacial score (nSPS) is 14.9. The van der Waals surface area contributed by atoms with E-state index in [4.69, 9.17) is 18.0 Å². The summed E-state index contributed by atoms with van der Waals surface area (Å²) in [7, 11) is 0. The quantitative estimate of drug-likeness (QED) is 0.549. The van der Waals surface area contributed by atoms with E-state index in [1.54, 1.807) is 18.3 Å². The number of nitrogens with zero attached hydrogens (tertiary/aromatic N) is 2. The average Bonchev–Trinajstić information content (AvgIpc) is 3.38. The summed E-state index contributed by atoms with van der Waals surface area (Å²) < 4.78 is 0. The molecule has 4 rings (SSSR count). The van der Waals surface area contributed by atoms with E-state index in [1.165, 1.54) is 12.3 Å². The fourth-order valence-corrected chi connectivity index (χ4v) is 4.05. The number of terminal acetylenes is 1. The standard InChI is InChI=1S/C22H20ClN5O2/c1-2-22(6-3-4-7-22)27-21(30)19-12-15(5-8-24-19)26-20(29)11-14-9-17(23)16-13-25-28-18(16)10-14/h1,5,8-10,12-13H,3-4,6-7,11H2,(H,25,28)(H,27,30)(H,24,26,29). The van der Waals surface area contributed by atoms with Gasteiger partial charge in [0.05, 0.1) is 23.2 Å². The highest BCUT2D eigenvalue weighted by Crippen LogP contribution is 2.29. The molecule has 0 spiro atoms. The van der Waals surface area contributed by atoms with Gasteiger partial charge in [0.15, 0.2) is 0 Å². The summed E-state index contributed by atoms with van der Waals surface area (Å²) in [6.07, 6.45) is 12.4. The van der Waals surface area contributed by atoms with Crippen LogP contribution in [0.4, 0.5) is 5.69 Å². The number of benzene rings is 1. The highest BCUT2D eigenvalue weighted by molar-refractivity contribution is 6.35. The van der Waals surface area contributed by atoms with E-state index in [0.29, 0.717) is 10.7 Å². The molecule has 1 aliphatic carbocycles. The van der Waals surface area contributed by atoms with Crippen LogP contribution in [-0.2, 0) is 11.2 Å². The summed E-state index contributed by atoms with van der Waals surface area (Å²) in [5, 5.41) is 13.9. The Kier molecular flexibility index (Phi) is 5.42. The van der Waals surface area contributed by atoms with E-state index in [1.807, 2.05) is 6.07 Å². The summed E-state index contributed by atoms with van der Waals surface area (Å²) in [5.74, 6) is 2.14. The predicted octanol–water partition coefficient (Wildman–Crippen LogP) is 3.47. The molecule has 0 saturated heterocycles. The number of carbonyl (C=O) groups excluding carboxylic acids is 2. The summed E-state index contributed by atoms with van der Waals surface area (Å²) in [4.78, 5) is 29.2. The molecule has 0 atom stereocenters. The number of carbonyl (C=O) groups is 2. The lowest BCUT2D eigenvalue weighted by molar-refractivity contribution is -0.115. The van der Waals surface area contributed by atoms with Gasteiger partial charge < -0.3 is 10.6 Å². The third-order valence-corrected chi connectivity index (χ3v) is 5.61. The number of aromatic nitrogens is 3. The van der Waals surface area contributed by atoms with E-state index < -0.39 is 5.54 Å². The van der Waals surface area contributed by atoms with Crippen molar-refractivity contribution in [2.24, 2.45) is 0 Å². The maximum absolute atomic E-state index is 12.6. The van der Waals surface area contributed by atoms with Crippen LogP contribution < -0.4 is 10.6 Å². The highest BCUT2D eigenvalue weighted by Gasteiger charge is 2.33. The summed E-state index contributed by atoms with van der Waals surface area (Å²) in [5.41, 5.74) is 1.59. The zero-order valence-corrected chi connectivity index (χ0v) is 16.9. The number of anilines is 1. The van der Waals surface area contributed by atoms with Crippen molar-refractivity contribution in [2.45, 2.75) is 37.6 Å². The molecule has 2 aromatic heterocycles. The second-order valence-corrected chi connectivity index (χ2v) is 7.86. The fourth-order valence-electron chi connectivity index (χ4n) is 3.75. The molecule has 2 amide bonds. The van der Waals surface area contributed by atoms with E-state index in [9.17, 15) is 9.59 Å². The van der Waals surface area contributed by atoms with Crippen LogP contribution in [0.15, 0.2) is 36.7 Å². The van der Waals surface area contributed by atoms with Gasteiger partial charge >= 0.3 is 0 Å². The van der Waals surface area contributed by atoms with Crippen molar-refractivity contribution in [1.29, 1.82) is 0 Å². The van der Waals surface area contributed by atoms with Crippen LogP contribution in [0.5, 0.6) is 0 Å². The zero-order chi connectivity index (χ0) is 21.1. The number of rotatable bonds is 5. The lowest BCUT2D eigenvalue weighted by atomic mass is 9.98. The van der Waals surface area contributed by atoms with Gasteiger partial charge in [0.2, 0.25) is 5.91 Å². The van der Waals surface area contributed by atoms with Crippen molar-refractivity contribution in [3.63, 3.8) is 0 Å². The number of halogens is 1. The lowest BCUT2D eigenvalue weighted by Gasteiger charge is -2.23. The number of hydrogen-bond acceptors (Lipinski definition) is 4. The molecule has 0 unspecified atom stereocenters. The van der Waals surface area contributed by atoms with Crippen molar-refractivity contribution < 1.29 is 9.59 Å². The third kappa shape index (κ3) is 4.14. The van der Waals surface area contributed by atoms with E-state index >= 15 is 0 Å². The van der Waals surface area contributed by atoms with Gasteiger partial charge in [-0.2, -0.15) is 5.10 Å². The second-order valence-electron chi connectivity index (χ2n) is 7.45. The number of pyridine rings is 1. The minimum atomic E-state index is -0.609. The second kappa shape index (κ2) is 8.17. The maximum Gasteiger partial charge on any atom is 0.271 e. The lowest BCUT2D eigenvalue weighted by Crippen LogP contribution is -2.45. The van der Waals surface area contributed by atoms with Gasteiger partial charge in [0.25, 0.3) is 5.91 Å². The summed E-state index contributed by atoms with van der Waals surface area (Å²) in [6.45, 7) is 0. The van der Waals surface area contributed by atoms with Gasteiger partial charge in [-0.15, -0.1) is 6.42 Å². The van der Waals surface area contributed by atoms with Gasteiger partial charge in [-0.05, 0) is 55.5 Å². The molecule has 3 N–H and O–H groups in total. The molecule has 7 nitrogen and oxygen atoms in total. The van der Waals surface area contributed by atoms with Crippen LogP contribution >= 0.6 is 11.6 Å². The Labute approximate surface area is 178 Å². The van der Waals surface area contributed by atoms with Gasteiger partial charge in [0, 0.05) is 17.3 Å². The molecule has 1 aliphatic rings. The third-order valence-electron chi connectivity index (χ3n) is 5.30. The molecule has 152 valence electrons. The van der Waals surface area contributed by atoms with Crippen LogP contribution in [0.1, 0.15) is 41.7 Å². The number of aromatic amines is 1. The first-order chi connectivity index (χ1) is 14.5. The Hall–Kier alpha value is -3.37.